The molecule has 1 aliphatic heterocycles. The molecule has 0 spiro atoms. The van der Waals surface area contributed by atoms with Crippen molar-refractivity contribution >= 4 is 17.9 Å². The summed E-state index contributed by atoms with van der Waals surface area (Å²) in [6.45, 7) is -0.254. The molecule has 2 aromatic rings. The second-order valence-electron chi connectivity index (χ2n) is 5.28. The average molecular weight is 364 g/mol. The van der Waals surface area contributed by atoms with Crippen LogP contribution in [0, 0.1) is 21.7 Å². The second-order valence-corrected chi connectivity index (χ2v) is 5.28. The molecule has 0 bridgehead atoms. The van der Waals surface area contributed by atoms with E-state index in [1.165, 1.54) is 18.2 Å². The Morgan fingerprint density at radius 3 is 2.50 bits per heavy atom. The summed E-state index contributed by atoms with van der Waals surface area (Å²) in [7, 11) is 0. The zero-order valence-electron chi connectivity index (χ0n) is 12.9. The Kier molecular flexibility index (Phi) is 4.48. The third-order valence-corrected chi connectivity index (χ3v) is 3.60. The van der Waals surface area contributed by atoms with Crippen molar-refractivity contribution in [3.05, 3.63) is 69.8 Å². The maximum atomic E-state index is 13.3. The van der Waals surface area contributed by atoms with Crippen molar-refractivity contribution in [1.82, 2.24) is 4.90 Å². The Labute approximate surface area is 144 Å². The molecule has 1 aliphatic rings. The predicted molar refractivity (Wildman–Crippen MR) is 81.4 cm³/mol. The maximum absolute atomic E-state index is 13.3. The van der Waals surface area contributed by atoms with Gasteiger partial charge >= 0.3 is 12.2 Å². The number of non-ortho nitro benzene ring substituents is 1. The lowest BCUT2D eigenvalue weighted by Gasteiger charge is -2.11. The summed E-state index contributed by atoms with van der Waals surface area (Å²) in [6, 6.07) is 7.66. The Bertz CT molecular complexity index is 887. The number of nitro groups is 1. The number of carbonyl (C=O) groups excluding carboxylic acids is 2. The molecule has 134 valence electrons. The molecule has 26 heavy (non-hydrogen) atoms. The van der Waals surface area contributed by atoms with E-state index >= 15 is 0 Å². The topological polar surface area (TPSA) is 99.0 Å². The third-order valence-electron chi connectivity index (χ3n) is 3.60. The molecule has 0 aliphatic carbocycles. The maximum Gasteiger partial charge on any atom is 0.424 e. The molecule has 0 N–H and O–H groups in total. The molecule has 0 saturated carbocycles. The van der Waals surface area contributed by atoms with Crippen molar-refractivity contribution in [3.63, 3.8) is 0 Å². The summed E-state index contributed by atoms with van der Waals surface area (Å²) >= 11 is 0. The van der Waals surface area contributed by atoms with Crippen LogP contribution in [0.2, 0.25) is 0 Å². The van der Waals surface area contributed by atoms with E-state index in [1.54, 1.807) is 0 Å². The number of imide groups is 1. The number of amides is 2. The van der Waals surface area contributed by atoms with Gasteiger partial charge in [0.05, 0.1) is 11.5 Å². The van der Waals surface area contributed by atoms with Crippen LogP contribution in [-0.4, -0.2) is 28.6 Å². The summed E-state index contributed by atoms with van der Waals surface area (Å²) in [5, 5.41) is 10.6. The van der Waals surface area contributed by atoms with Gasteiger partial charge in [-0.25, -0.2) is 23.3 Å². The zero-order valence-corrected chi connectivity index (χ0v) is 12.9. The van der Waals surface area contributed by atoms with E-state index in [9.17, 15) is 28.5 Å². The smallest absolute Gasteiger partial charge is 0.424 e. The molecule has 3 rings (SSSR count). The average Bonchev–Trinajstić information content (AvgIpc) is 2.99. The number of halogens is 2. The predicted octanol–water partition coefficient (Wildman–Crippen LogP) is 3.57. The summed E-state index contributed by atoms with van der Waals surface area (Å²) < 4.78 is 36.2. The first-order valence-electron chi connectivity index (χ1n) is 7.24. The van der Waals surface area contributed by atoms with E-state index in [1.807, 2.05) is 0 Å². The number of benzene rings is 2. The minimum atomic E-state index is -1.11. The molecule has 1 saturated heterocycles. The number of hydrogen-bond donors (Lipinski definition) is 0. The highest BCUT2D eigenvalue weighted by atomic mass is 19.2. The number of cyclic esters (lactones) is 1. The summed E-state index contributed by atoms with van der Waals surface area (Å²) in [5.41, 5.74) is -0.00772. The van der Waals surface area contributed by atoms with E-state index in [2.05, 4.69) is 0 Å². The minimum Gasteiger partial charge on any atom is -0.439 e. The van der Waals surface area contributed by atoms with Crippen LogP contribution in [0.3, 0.4) is 0 Å². The summed E-state index contributed by atoms with van der Waals surface area (Å²) in [6.07, 6.45) is -3.04. The quantitative estimate of drug-likeness (QED) is 0.610. The molecule has 1 atom stereocenters. The van der Waals surface area contributed by atoms with E-state index in [-0.39, 0.29) is 23.5 Å². The Balaban J connectivity index is 1.69. The largest absolute Gasteiger partial charge is 0.439 e. The standard InChI is InChI=1S/C16H10F2N2O6/c17-12-6-1-9(7-13(12)18)14-8-19(16(22)26-14)15(21)25-11-4-2-10(3-5-11)20(23)24/h1-7,14H,8H2. The number of hydrogen-bond acceptors (Lipinski definition) is 6. The number of nitro benzene ring substituents is 1. The van der Waals surface area contributed by atoms with Gasteiger partial charge in [-0.05, 0) is 29.8 Å². The first-order valence-corrected chi connectivity index (χ1v) is 7.24. The highest BCUT2D eigenvalue weighted by molar-refractivity contribution is 5.90. The van der Waals surface area contributed by atoms with Crippen LogP contribution in [0.1, 0.15) is 11.7 Å². The molecular weight excluding hydrogens is 354 g/mol. The van der Waals surface area contributed by atoms with Crippen molar-refractivity contribution in [2.45, 2.75) is 6.10 Å². The van der Waals surface area contributed by atoms with Crippen LogP contribution in [0.4, 0.5) is 24.1 Å². The SMILES string of the molecule is O=C(Oc1ccc([N+](=O)[O-])cc1)N1CC(c2ccc(F)c(F)c2)OC1=O. The molecule has 0 aromatic heterocycles. The molecule has 8 nitrogen and oxygen atoms in total. The van der Waals surface area contributed by atoms with Gasteiger partial charge in [-0.15, -0.1) is 0 Å². The zero-order chi connectivity index (χ0) is 18.8. The van der Waals surface area contributed by atoms with Crippen molar-refractivity contribution in [2.75, 3.05) is 6.54 Å². The van der Waals surface area contributed by atoms with Crippen LogP contribution in [0.5, 0.6) is 5.75 Å². The first-order chi connectivity index (χ1) is 12.3. The lowest BCUT2D eigenvalue weighted by atomic mass is 10.1. The van der Waals surface area contributed by atoms with Gasteiger partial charge in [0.1, 0.15) is 11.9 Å². The van der Waals surface area contributed by atoms with Crippen LogP contribution in [0.15, 0.2) is 42.5 Å². The van der Waals surface area contributed by atoms with Crippen molar-refractivity contribution in [1.29, 1.82) is 0 Å². The van der Waals surface area contributed by atoms with Gasteiger partial charge in [0, 0.05) is 12.1 Å². The number of ether oxygens (including phenoxy) is 2. The number of carbonyl (C=O) groups is 2. The van der Waals surface area contributed by atoms with Crippen LogP contribution in [-0.2, 0) is 4.74 Å². The van der Waals surface area contributed by atoms with Crippen LogP contribution >= 0.6 is 0 Å². The van der Waals surface area contributed by atoms with Crippen molar-refractivity contribution < 1.29 is 32.8 Å². The molecular formula is C16H10F2N2O6. The first kappa shape index (κ1) is 17.3. The minimum absolute atomic E-state index is 0.00956. The second kappa shape index (κ2) is 6.75. The fraction of sp³-hybridized carbons (Fsp3) is 0.125. The molecule has 1 fully saturated rings. The third kappa shape index (κ3) is 3.43. The van der Waals surface area contributed by atoms with Gasteiger partial charge in [0.15, 0.2) is 11.6 Å². The fourth-order valence-electron chi connectivity index (χ4n) is 2.29. The molecule has 10 heteroatoms. The van der Waals surface area contributed by atoms with E-state index in [0.29, 0.717) is 4.90 Å². The molecule has 2 aromatic carbocycles. The Hall–Kier alpha value is -3.56. The molecule has 2 amide bonds. The van der Waals surface area contributed by atoms with E-state index in [4.69, 9.17) is 9.47 Å². The fourth-order valence-corrected chi connectivity index (χ4v) is 2.29. The molecule has 1 unspecified atom stereocenters. The van der Waals surface area contributed by atoms with E-state index < -0.39 is 34.8 Å². The highest BCUT2D eigenvalue weighted by Gasteiger charge is 2.38. The Morgan fingerprint density at radius 1 is 1.19 bits per heavy atom. The number of rotatable bonds is 3. The van der Waals surface area contributed by atoms with Gasteiger partial charge in [0.2, 0.25) is 0 Å². The highest BCUT2D eigenvalue weighted by Crippen LogP contribution is 2.28. The lowest BCUT2D eigenvalue weighted by molar-refractivity contribution is -0.384. The van der Waals surface area contributed by atoms with Crippen molar-refractivity contribution in [2.24, 2.45) is 0 Å². The molecule has 0 radical (unpaired) electrons. The summed E-state index contributed by atoms with van der Waals surface area (Å²) in [4.78, 5) is 34.5. The van der Waals surface area contributed by atoms with Gasteiger partial charge in [0.25, 0.3) is 5.69 Å². The van der Waals surface area contributed by atoms with Gasteiger partial charge < -0.3 is 9.47 Å². The monoisotopic (exact) mass is 364 g/mol. The lowest BCUT2D eigenvalue weighted by Crippen LogP contribution is -2.34. The van der Waals surface area contributed by atoms with Gasteiger partial charge in [-0.2, -0.15) is 0 Å². The van der Waals surface area contributed by atoms with Gasteiger partial charge in [-0.3, -0.25) is 10.1 Å². The van der Waals surface area contributed by atoms with Gasteiger partial charge in [-0.1, -0.05) is 6.07 Å². The Morgan fingerprint density at radius 2 is 1.88 bits per heavy atom. The van der Waals surface area contributed by atoms with Crippen LogP contribution in [0.25, 0.3) is 0 Å². The van der Waals surface area contributed by atoms with E-state index in [0.717, 1.165) is 24.3 Å². The number of nitrogens with zero attached hydrogens (tertiary/aromatic N) is 2. The van der Waals surface area contributed by atoms with Crippen LogP contribution < -0.4 is 4.74 Å². The normalized spacial score (nSPS) is 16.3. The molecule has 1 heterocycles. The summed E-state index contributed by atoms with van der Waals surface area (Å²) in [5.74, 6) is -2.16. The van der Waals surface area contributed by atoms with Crippen molar-refractivity contribution in [3.8, 4) is 5.75 Å².